The number of nitrogens with zero attached hydrogens (tertiary/aromatic N) is 2. The fraction of sp³-hybridized carbons (Fsp3) is 0.818. The van der Waals surface area contributed by atoms with Crippen molar-refractivity contribution >= 4 is 5.91 Å². The second-order valence-corrected chi connectivity index (χ2v) is 4.29. The molecule has 0 bridgehead atoms. The molecule has 1 aliphatic rings. The number of nitriles is 1. The van der Waals surface area contributed by atoms with Crippen molar-refractivity contribution in [2.75, 3.05) is 26.7 Å². The smallest absolute Gasteiger partial charge is 0.226 e. The molecule has 0 radical (unpaired) electrons. The van der Waals surface area contributed by atoms with Gasteiger partial charge in [0.2, 0.25) is 5.91 Å². The van der Waals surface area contributed by atoms with E-state index in [1.807, 2.05) is 6.92 Å². The highest BCUT2D eigenvalue weighted by Crippen LogP contribution is 2.13. The summed E-state index contributed by atoms with van der Waals surface area (Å²) < 4.78 is 0. The Kier molecular flexibility index (Phi) is 4.57. The highest BCUT2D eigenvalue weighted by molar-refractivity contribution is 5.78. The number of hydrogen-bond acceptors (Lipinski definition) is 3. The van der Waals surface area contributed by atoms with Crippen molar-refractivity contribution in [3.63, 3.8) is 0 Å². The van der Waals surface area contributed by atoms with Crippen molar-refractivity contribution in [3.05, 3.63) is 0 Å². The van der Waals surface area contributed by atoms with Gasteiger partial charge in [-0.1, -0.05) is 0 Å². The topological polar surface area (TPSA) is 56.1 Å². The number of carbonyl (C=O) groups excluding carboxylic acids is 1. The highest BCUT2D eigenvalue weighted by atomic mass is 16.2. The molecule has 84 valence electrons. The highest BCUT2D eigenvalue weighted by Gasteiger charge is 2.24. The monoisotopic (exact) mass is 209 g/mol. The third-order valence-electron chi connectivity index (χ3n) is 2.79. The summed E-state index contributed by atoms with van der Waals surface area (Å²) in [6, 6.07) is 2.14. The zero-order valence-electron chi connectivity index (χ0n) is 9.49. The van der Waals surface area contributed by atoms with Crippen molar-refractivity contribution in [1.82, 2.24) is 10.2 Å². The van der Waals surface area contributed by atoms with Gasteiger partial charge in [0.25, 0.3) is 0 Å². The van der Waals surface area contributed by atoms with Crippen LogP contribution in [0.4, 0.5) is 0 Å². The van der Waals surface area contributed by atoms with Gasteiger partial charge >= 0.3 is 0 Å². The van der Waals surface area contributed by atoms with Crippen LogP contribution in [0.5, 0.6) is 0 Å². The van der Waals surface area contributed by atoms with Crippen LogP contribution >= 0.6 is 0 Å². The molecule has 0 saturated carbocycles. The van der Waals surface area contributed by atoms with Gasteiger partial charge in [-0.05, 0) is 26.3 Å². The normalized spacial score (nSPS) is 22.9. The summed E-state index contributed by atoms with van der Waals surface area (Å²) in [5, 5.41) is 11.9. The predicted molar refractivity (Wildman–Crippen MR) is 58.0 cm³/mol. The van der Waals surface area contributed by atoms with Crippen LogP contribution in [0.25, 0.3) is 0 Å². The Balaban J connectivity index is 2.41. The van der Waals surface area contributed by atoms with Crippen molar-refractivity contribution in [3.8, 4) is 6.07 Å². The van der Waals surface area contributed by atoms with Gasteiger partial charge in [-0.15, -0.1) is 0 Å². The predicted octanol–water partition coefficient (Wildman–Crippen LogP) is 0.604. The van der Waals surface area contributed by atoms with E-state index in [4.69, 9.17) is 5.26 Å². The van der Waals surface area contributed by atoms with E-state index in [1.165, 1.54) is 0 Å². The fourth-order valence-electron chi connectivity index (χ4n) is 1.92. The molecular formula is C11H19N3O. The van der Waals surface area contributed by atoms with E-state index >= 15 is 0 Å². The van der Waals surface area contributed by atoms with Crippen LogP contribution in [0.1, 0.15) is 19.8 Å². The number of amides is 1. The van der Waals surface area contributed by atoms with E-state index in [0.717, 1.165) is 25.9 Å². The molecule has 0 aliphatic carbocycles. The van der Waals surface area contributed by atoms with Crippen LogP contribution in [0.3, 0.4) is 0 Å². The molecule has 0 aromatic carbocycles. The summed E-state index contributed by atoms with van der Waals surface area (Å²) in [7, 11) is 1.78. The third kappa shape index (κ3) is 3.52. The molecule has 1 aliphatic heterocycles. The van der Waals surface area contributed by atoms with Gasteiger partial charge in [0.15, 0.2) is 0 Å². The summed E-state index contributed by atoms with van der Waals surface area (Å²) in [6.07, 6.45) is 2.04. The Hall–Kier alpha value is -1.08. The average Bonchev–Trinajstić information content (AvgIpc) is 2.29. The Morgan fingerprint density at radius 3 is 3.00 bits per heavy atom. The maximum Gasteiger partial charge on any atom is 0.226 e. The number of carbonyl (C=O) groups is 1. The number of piperidine rings is 1. The van der Waals surface area contributed by atoms with Gasteiger partial charge in [0.1, 0.15) is 0 Å². The summed E-state index contributed by atoms with van der Waals surface area (Å²) in [6.45, 7) is 4.17. The summed E-state index contributed by atoms with van der Waals surface area (Å²) >= 11 is 0. The fourth-order valence-corrected chi connectivity index (χ4v) is 1.92. The molecular weight excluding hydrogens is 190 g/mol. The van der Waals surface area contributed by atoms with Crippen LogP contribution < -0.4 is 5.32 Å². The quantitative estimate of drug-likeness (QED) is 0.740. The zero-order chi connectivity index (χ0) is 11.3. The maximum atomic E-state index is 11.9. The summed E-state index contributed by atoms with van der Waals surface area (Å²) in [5.74, 6) is 0.189. The summed E-state index contributed by atoms with van der Waals surface area (Å²) in [4.78, 5) is 13.6. The minimum Gasteiger partial charge on any atom is -0.344 e. The lowest BCUT2D eigenvalue weighted by molar-refractivity contribution is -0.135. The van der Waals surface area contributed by atoms with Crippen LogP contribution in [-0.4, -0.2) is 37.5 Å². The van der Waals surface area contributed by atoms with E-state index in [2.05, 4.69) is 11.4 Å². The standard InChI is InChI=1S/C11H19N3O/c1-9(6-12)8-14(2)11(15)10-4-3-5-13-7-10/h9-10,13H,3-5,7-8H2,1-2H3/t9?,10-/m0/s1. The Labute approximate surface area is 91.2 Å². The van der Waals surface area contributed by atoms with E-state index in [9.17, 15) is 4.79 Å². The lowest BCUT2D eigenvalue weighted by atomic mass is 9.98. The molecule has 1 saturated heterocycles. The van der Waals surface area contributed by atoms with Gasteiger partial charge in [0, 0.05) is 20.1 Å². The molecule has 15 heavy (non-hydrogen) atoms. The van der Waals surface area contributed by atoms with E-state index in [0.29, 0.717) is 6.54 Å². The van der Waals surface area contributed by atoms with Crippen molar-refractivity contribution < 1.29 is 4.79 Å². The average molecular weight is 209 g/mol. The molecule has 4 heteroatoms. The molecule has 1 unspecified atom stereocenters. The van der Waals surface area contributed by atoms with Crippen molar-refractivity contribution in [2.24, 2.45) is 11.8 Å². The minimum absolute atomic E-state index is 0.0875. The SMILES string of the molecule is CC(C#N)CN(C)C(=O)[C@H]1CCCNC1. The largest absolute Gasteiger partial charge is 0.344 e. The first-order valence-corrected chi connectivity index (χ1v) is 5.50. The van der Waals surface area contributed by atoms with Gasteiger partial charge in [0.05, 0.1) is 17.9 Å². The molecule has 0 aromatic rings. The molecule has 0 spiro atoms. The van der Waals surface area contributed by atoms with E-state index < -0.39 is 0 Å². The molecule has 4 nitrogen and oxygen atoms in total. The first kappa shape index (κ1) is 12.0. The third-order valence-corrected chi connectivity index (χ3v) is 2.79. The molecule has 1 fully saturated rings. The van der Waals surface area contributed by atoms with E-state index in [-0.39, 0.29) is 17.7 Å². The molecule has 2 atom stereocenters. The van der Waals surface area contributed by atoms with Gasteiger partial charge in [-0.2, -0.15) is 5.26 Å². The van der Waals surface area contributed by atoms with E-state index in [1.54, 1.807) is 11.9 Å². The van der Waals surface area contributed by atoms with Crippen LogP contribution in [-0.2, 0) is 4.79 Å². The molecule has 1 heterocycles. The molecule has 1 amide bonds. The van der Waals surface area contributed by atoms with Gasteiger partial charge < -0.3 is 10.2 Å². The lowest BCUT2D eigenvalue weighted by Gasteiger charge is -2.27. The van der Waals surface area contributed by atoms with Crippen LogP contribution in [0, 0.1) is 23.2 Å². The molecule has 0 aromatic heterocycles. The number of rotatable bonds is 3. The summed E-state index contributed by atoms with van der Waals surface area (Å²) in [5.41, 5.74) is 0. The Morgan fingerprint density at radius 2 is 2.47 bits per heavy atom. The maximum absolute atomic E-state index is 11.9. The lowest BCUT2D eigenvalue weighted by Crippen LogP contribution is -2.42. The van der Waals surface area contributed by atoms with Crippen molar-refractivity contribution in [2.45, 2.75) is 19.8 Å². The van der Waals surface area contributed by atoms with Crippen LogP contribution in [0.15, 0.2) is 0 Å². The molecule has 1 rings (SSSR count). The Morgan fingerprint density at radius 1 is 1.73 bits per heavy atom. The minimum atomic E-state index is -0.0875. The second-order valence-electron chi connectivity index (χ2n) is 4.29. The van der Waals surface area contributed by atoms with Gasteiger partial charge in [-0.25, -0.2) is 0 Å². The second kappa shape index (κ2) is 5.72. The van der Waals surface area contributed by atoms with Crippen LogP contribution in [0.2, 0.25) is 0 Å². The zero-order valence-corrected chi connectivity index (χ0v) is 9.49. The van der Waals surface area contributed by atoms with Gasteiger partial charge in [-0.3, -0.25) is 4.79 Å². The first-order chi connectivity index (χ1) is 7.15. The molecule has 1 N–H and O–H groups in total. The number of hydrogen-bond donors (Lipinski definition) is 1. The first-order valence-electron chi connectivity index (χ1n) is 5.50. The van der Waals surface area contributed by atoms with Crippen molar-refractivity contribution in [1.29, 1.82) is 5.26 Å². The Bertz CT molecular complexity index is 253. The number of nitrogens with one attached hydrogen (secondary N) is 1.